The largest absolute Gasteiger partial charge is 0.392 e. The first kappa shape index (κ1) is 11.5. The molecule has 0 saturated carbocycles. The van der Waals surface area contributed by atoms with Gasteiger partial charge in [-0.1, -0.05) is 13.8 Å². The van der Waals surface area contributed by atoms with Crippen molar-refractivity contribution in [1.29, 1.82) is 0 Å². The Morgan fingerprint density at radius 3 is 2.43 bits per heavy atom. The van der Waals surface area contributed by atoms with Crippen LogP contribution in [0.2, 0.25) is 0 Å². The number of hydrogen-bond donors (Lipinski definition) is 0. The fourth-order valence-electron chi connectivity index (χ4n) is 1.27. The van der Waals surface area contributed by atoms with Crippen molar-refractivity contribution in [3.05, 3.63) is 16.6 Å². The van der Waals surface area contributed by atoms with Gasteiger partial charge < -0.3 is 0 Å². The molecule has 1 nitrogen and oxygen atoms in total. The van der Waals surface area contributed by atoms with E-state index in [0.717, 1.165) is 0 Å². The Kier molecular flexibility index (Phi) is 3.53. The molecule has 1 rings (SSSR count). The van der Waals surface area contributed by atoms with Crippen LogP contribution in [-0.4, -0.2) is 11.2 Å². The molecule has 0 aliphatic heterocycles. The maximum absolute atomic E-state index is 12.5. The zero-order valence-electron chi connectivity index (χ0n) is 8.01. The van der Waals surface area contributed by atoms with Gasteiger partial charge in [-0.2, -0.15) is 13.2 Å². The molecule has 80 valence electrons. The third-order valence-corrected chi connectivity index (χ3v) is 2.91. The summed E-state index contributed by atoms with van der Waals surface area (Å²) in [7, 11) is 0. The molecule has 0 N–H and O–H groups in total. The predicted molar refractivity (Wildman–Crippen MR) is 50.2 cm³/mol. The lowest BCUT2D eigenvalue weighted by atomic mass is 9.92. The van der Waals surface area contributed by atoms with E-state index in [-0.39, 0.29) is 6.42 Å². The molecule has 0 radical (unpaired) electrons. The second-order valence-electron chi connectivity index (χ2n) is 3.52. The molecule has 0 fully saturated rings. The van der Waals surface area contributed by atoms with E-state index in [0.29, 0.717) is 5.01 Å². The quantitative estimate of drug-likeness (QED) is 0.764. The van der Waals surface area contributed by atoms with Gasteiger partial charge in [0.25, 0.3) is 0 Å². The van der Waals surface area contributed by atoms with E-state index in [2.05, 4.69) is 4.98 Å². The normalized spacial score (nSPS) is 14.7. The van der Waals surface area contributed by atoms with Gasteiger partial charge in [-0.15, -0.1) is 11.3 Å². The van der Waals surface area contributed by atoms with Crippen LogP contribution in [0.5, 0.6) is 0 Å². The highest BCUT2D eigenvalue weighted by Crippen LogP contribution is 2.34. The summed E-state index contributed by atoms with van der Waals surface area (Å²) in [5, 5.41) is 2.25. The molecule has 0 aliphatic rings. The maximum Gasteiger partial charge on any atom is 0.392 e. The summed E-state index contributed by atoms with van der Waals surface area (Å²) in [6.45, 7) is 3.18. The van der Waals surface area contributed by atoms with E-state index in [1.165, 1.54) is 17.5 Å². The first-order valence-corrected chi connectivity index (χ1v) is 5.24. The number of nitrogens with zero attached hydrogens (tertiary/aromatic N) is 1. The van der Waals surface area contributed by atoms with E-state index < -0.39 is 18.0 Å². The lowest BCUT2D eigenvalue weighted by Crippen LogP contribution is -2.29. The third-order valence-electron chi connectivity index (χ3n) is 2.10. The average molecular weight is 223 g/mol. The molecule has 0 spiro atoms. The molecule has 0 aromatic carbocycles. The van der Waals surface area contributed by atoms with Crippen molar-refractivity contribution in [3.8, 4) is 0 Å². The van der Waals surface area contributed by atoms with Crippen molar-refractivity contribution in [1.82, 2.24) is 4.98 Å². The van der Waals surface area contributed by atoms with Crippen LogP contribution >= 0.6 is 11.3 Å². The number of thiazole rings is 1. The monoisotopic (exact) mass is 223 g/mol. The van der Waals surface area contributed by atoms with Gasteiger partial charge in [0.2, 0.25) is 0 Å². The van der Waals surface area contributed by atoms with Crippen molar-refractivity contribution in [2.24, 2.45) is 11.8 Å². The van der Waals surface area contributed by atoms with E-state index >= 15 is 0 Å². The summed E-state index contributed by atoms with van der Waals surface area (Å²) < 4.78 is 37.6. The van der Waals surface area contributed by atoms with Gasteiger partial charge in [0.1, 0.15) is 0 Å². The number of aromatic nitrogens is 1. The lowest BCUT2D eigenvalue weighted by Gasteiger charge is -2.22. The minimum atomic E-state index is -4.13. The molecule has 5 heteroatoms. The molecule has 1 aromatic rings. The summed E-state index contributed by atoms with van der Waals surface area (Å²) in [5.41, 5.74) is 0. The van der Waals surface area contributed by atoms with Crippen LogP contribution < -0.4 is 0 Å². The zero-order valence-corrected chi connectivity index (χ0v) is 8.82. The zero-order chi connectivity index (χ0) is 10.8. The number of hydrogen-bond acceptors (Lipinski definition) is 2. The van der Waals surface area contributed by atoms with Gasteiger partial charge in [-0.05, 0) is 5.92 Å². The molecule has 1 atom stereocenters. The van der Waals surface area contributed by atoms with Crippen molar-refractivity contribution < 1.29 is 13.2 Å². The second kappa shape index (κ2) is 4.29. The Balaban J connectivity index is 2.71. The van der Waals surface area contributed by atoms with E-state index in [1.54, 1.807) is 19.2 Å². The fraction of sp³-hybridized carbons (Fsp3) is 0.667. The number of rotatable bonds is 3. The van der Waals surface area contributed by atoms with Crippen LogP contribution in [0.15, 0.2) is 11.6 Å². The molecule has 0 bridgehead atoms. The van der Waals surface area contributed by atoms with Crippen LogP contribution in [0.25, 0.3) is 0 Å². The molecular formula is C9H12F3NS. The highest BCUT2D eigenvalue weighted by Gasteiger charge is 2.41. The van der Waals surface area contributed by atoms with Gasteiger partial charge in [-0.3, -0.25) is 0 Å². The van der Waals surface area contributed by atoms with E-state index in [4.69, 9.17) is 0 Å². The van der Waals surface area contributed by atoms with E-state index in [9.17, 15) is 13.2 Å². The van der Waals surface area contributed by atoms with Crippen molar-refractivity contribution in [3.63, 3.8) is 0 Å². The van der Waals surface area contributed by atoms with Crippen LogP contribution in [0.4, 0.5) is 13.2 Å². The molecule has 14 heavy (non-hydrogen) atoms. The predicted octanol–water partition coefficient (Wildman–Crippen LogP) is 3.52. The molecule has 1 unspecified atom stereocenters. The van der Waals surface area contributed by atoms with Gasteiger partial charge in [0.15, 0.2) is 0 Å². The smallest absolute Gasteiger partial charge is 0.250 e. The molecule has 1 heterocycles. The molecular weight excluding hydrogens is 211 g/mol. The highest BCUT2D eigenvalue weighted by molar-refractivity contribution is 7.09. The van der Waals surface area contributed by atoms with Crippen LogP contribution in [0.1, 0.15) is 18.9 Å². The van der Waals surface area contributed by atoms with E-state index in [1.807, 2.05) is 0 Å². The minimum Gasteiger partial charge on any atom is -0.250 e. The van der Waals surface area contributed by atoms with Gasteiger partial charge in [0, 0.05) is 18.0 Å². The SMILES string of the molecule is CC(C)C(Cc1nccs1)C(F)(F)F. The summed E-state index contributed by atoms with van der Waals surface area (Å²) in [4.78, 5) is 3.87. The van der Waals surface area contributed by atoms with Gasteiger partial charge >= 0.3 is 6.18 Å². The molecule has 0 saturated heterocycles. The summed E-state index contributed by atoms with van der Waals surface area (Å²) >= 11 is 1.27. The van der Waals surface area contributed by atoms with Gasteiger partial charge in [0.05, 0.1) is 10.9 Å². The highest BCUT2D eigenvalue weighted by atomic mass is 32.1. The summed E-state index contributed by atoms with van der Waals surface area (Å²) in [6, 6.07) is 0. The van der Waals surface area contributed by atoms with Crippen molar-refractivity contribution in [2.45, 2.75) is 26.4 Å². The van der Waals surface area contributed by atoms with Crippen molar-refractivity contribution in [2.75, 3.05) is 0 Å². The topological polar surface area (TPSA) is 12.9 Å². The standard InChI is InChI=1S/C9H12F3NS/c1-6(2)7(9(10,11)12)5-8-13-3-4-14-8/h3-4,6-7H,5H2,1-2H3. The summed E-state index contributed by atoms with van der Waals surface area (Å²) in [5.74, 6) is -1.69. The first-order chi connectivity index (χ1) is 6.41. The number of halogens is 3. The Hall–Kier alpha value is -0.580. The molecule has 0 amide bonds. The lowest BCUT2D eigenvalue weighted by molar-refractivity contribution is -0.185. The van der Waals surface area contributed by atoms with Crippen LogP contribution in [-0.2, 0) is 6.42 Å². The third kappa shape index (κ3) is 2.97. The number of alkyl halides is 3. The fourth-order valence-corrected chi connectivity index (χ4v) is 1.95. The Morgan fingerprint density at radius 1 is 1.43 bits per heavy atom. The van der Waals surface area contributed by atoms with Crippen LogP contribution in [0, 0.1) is 11.8 Å². The Labute approximate surface area is 85.0 Å². The average Bonchev–Trinajstić information content (AvgIpc) is 2.48. The van der Waals surface area contributed by atoms with Crippen LogP contribution in [0.3, 0.4) is 0 Å². The Bertz CT molecular complexity index is 266. The van der Waals surface area contributed by atoms with Crippen molar-refractivity contribution >= 4 is 11.3 Å². The minimum absolute atomic E-state index is 0.00116. The second-order valence-corrected chi connectivity index (χ2v) is 4.50. The van der Waals surface area contributed by atoms with Gasteiger partial charge in [-0.25, -0.2) is 4.98 Å². The Morgan fingerprint density at radius 2 is 2.07 bits per heavy atom. The summed E-state index contributed by atoms with van der Waals surface area (Å²) in [6.07, 6.45) is -2.59. The first-order valence-electron chi connectivity index (χ1n) is 4.36. The maximum atomic E-state index is 12.5. The molecule has 1 aromatic heterocycles. The molecule has 0 aliphatic carbocycles.